The SMILES string of the molecule is CC(Oc1ccc(Cl)cc1Cl)C(=O)Nc1ccc2c(c1)N(CCOc1ccccc1)C(=O)CO2. The number of nitrogens with zero attached hydrogens (tertiary/aromatic N) is 1. The quantitative estimate of drug-likeness (QED) is 0.459. The Morgan fingerprint density at radius 3 is 2.68 bits per heavy atom. The summed E-state index contributed by atoms with van der Waals surface area (Å²) in [7, 11) is 0. The third-order valence-electron chi connectivity index (χ3n) is 5.06. The Bertz CT molecular complexity index is 1190. The molecule has 7 nitrogen and oxygen atoms in total. The van der Waals surface area contributed by atoms with Gasteiger partial charge in [-0.25, -0.2) is 0 Å². The van der Waals surface area contributed by atoms with Crippen LogP contribution in [0.5, 0.6) is 17.2 Å². The minimum absolute atomic E-state index is 0.0588. The van der Waals surface area contributed by atoms with Crippen molar-refractivity contribution >= 4 is 46.4 Å². The maximum Gasteiger partial charge on any atom is 0.265 e. The van der Waals surface area contributed by atoms with Gasteiger partial charge in [0.1, 0.15) is 23.9 Å². The van der Waals surface area contributed by atoms with Crippen LogP contribution >= 0.6 is 23.2 Å². The van der Waals surface area contributed by atoms with E-state index in [1.807, 2.05) is 30.3 Å². The second-order valence-corrected chi connectivity index (χ2v) is 8.35. The standard InChI is InChI=1S/C25H22Cl2N2O5/c1-16(34-22-9-7-17(26)13-20(22)27)25(31)28-18-8-10-23-21(14-18)29(24(30)15-33-23)11-12-32-19-5-3-2-4-6-19/h2-10,13-14,16H,11-12,15H2,1H3,(H,28,31). The molecular formula is C25H22Cl2N2O5. The average Bonchev–Trinajstić information content (AvgIpc) is 2.83. The van der Waals surface area contributed by atoms with E-state index >= 15 is 0 Å². The lowest BCUT2D eigenvalue weighted by Crippen LogP contribution is -2.41. The van der Waals surface area contributed by atoms with Gasteiger partial charge in [-0.1, -0.05) is 41.4 Å². The number of rotatable bonds is 8. The van der Waals surface area contributed by atoms with Crippen LogP contribution in [0.3, 0.4) is 0 Å². The molecule has 1 aliphatic rings. The molecule has 34 heavy (non-hydrogen) atoms. The zero-order valence-corrected chi connectivity index (χ0v) is 19.8. The van der Waals surface area contributed by atoms with Gasteiger partial charge in [0.05, 0.1) is 17.3 Å². The number of amides is 2. The lowest BCUT2D eigenvalue weighted by Gasteiger charge is -2.30. The van der Waals surface area contributed by atoms with Gasteiger partial charge in [0.25, 0.3) is 11.8 Å². The van der Waals surface area contributed by atoms with E-state index < -0.39 is 6.10 Å². The van der Waals surface area contributed by atoms with Crippen molar-refractivity contribution < 1.29 is 23.8 Å². The van der Waals surface area contributed by atoms with E-state index in [1.165, 1.54) is 0 Å². The molecule has 9 heteroatoms. The maximum absolute atomic E-state index is 12.7. The molecule has 1 aliphatic heterocycles. The minimum atomic E-state index is -0.831. The molecule has 0 spiro atoms. The number of carbonyl (C=O) groups excluding carboxylic acids is 2. The summed E-state index contributed by atoms with van der Waals surface area (Å²) < 4.78 is 16.9. The van der Waals surface area contributed by atoms with Gasteiger partial charge in [-0.3, -0.25) is 9.59 Å². The molecule has 1 N–H and O–H groups in total. The first kappa shape index (κ1) is 23.7. The molecule has 176 valence electrons. The molecule has 0 aliphatic carbocycles. The van der Waals surface area contributed by atoms with Crippen LogP contribution in [0.2, 0.25) is 10.0 Å². The number of hydrogen-bond donors (Lipinski definition) is 1. The first-order valence-corrected chi connectivity index (χ1v) is 11.3. The fraction of sp³-hybridized carbons (Fsp3) is 0.200. The Kier molecular flexibility index (Phi) is 7.45. The van der Waals surface area contributed by atoms with Crippen molar-refractivity contribution in [2.45, 2.75) is 13.0 Å². The van der Waals surface area contributed by atoms with Crippen molar-refractivity contribution in [2.24, 2.45) is 0 Å². The normalized spacial score (nSPS) is 13.5. The van der Waals surface area contributed by atoms with E-state index in [4.69, 9.17) is 37.4 Å². The number of para-hydroxylation sites is 1. The molecular weight excluding hydrogens is 479 g/mol. The van der Waals surface area contributed by atoms with Crippen LogP contribution in [0.25, 0.3) is 0 Å². The van der Waals surface area contributed by atoms with Crippen LogP contribution in [-0.4, -0.2) is 37.7 Å². The molecule has 1 heterocycles. The molecule has 0 bridgehead atoms. The highest BCUT2D eigenvalue weighted by Gasteiger charge is 2.26. The average molecular weight is 501 g/mol. The summed E-state index contributed by atoms with van der Waals surface area (Å²) in [4.78, 5) is 26.8. The second-order valence-electron chi connectivity index (χ2n) is 7.50. The van der Waals surface area contributed by atoms with Crippen LogP contribution in [0.15, 0.2) is 66.7 Å². The van der Waals surface area contributed by atoms with Crippen LogP contribution in [0, 0.1) is 0 Å². The predicted molar refractivity (Wildman–Crippen MR) is 131 cm³/mol. The lowest BCUT2D eigenvalue weighted by atomic mass is 10.2. The highest BCUT2D eigenvalue weighted by molar-refractivity contribution is 6.35. The summed E-state index contributed by atoms with van der Waals surface area (Å²) in [6, 6.07) is 19.2. The molecule has 1 unspecified atom stereocenters. The molecule has 1 atom stereocenters. The fourth-order valence-electron chi connectivity index (χ4n) is 3.36. The van der Waals surface area contributed by atoms with Gasteiger partial charge in [0.15, 0.2) is 12.7 Å². The molecule has 3 aromatic rings. The summed E-state index contributed by atoms with van der Waals surface area (Å²) in [5, 5.41) is 3.58. The van der Waals surface area contributed by atoms with Crippen LogP contribution in [-0.2, 0) is 9.59 Å². The smallest absolute Gasteiger partial charge is 0.265 e. The molecule has 0 saturated heterocycles. The van der Waals surface area contributed by atoms with Crippen molar-refractivity contribution in [1.29, 1.82) is 0 Å². The molecule has 4 rings (SSSR count). The van der Waals surface area contributed by atoms with Gasteiger partial charge in [-0.2, -0.15) is 0 Å². The van der Waals surface area contributed by atoms with Gasteiger partial charge < -0.3 is 24.4 Å². The van der Waals surface area contributed by atoms with Gasteiger partial charge in [0, 0.05) is 10.7 Å². The Morgan fingerprint density at radius 1 is 1.12 bits per heavy atom. The van der Waals surface area contributed by atoms with Crippen molar-refractivity contribution in [3.8, 4) is 17.2 Å². The van der Waals surface area contributed by atoms with Crippen molar-refractivity contribution in [1.82, 2.24) is 0 Å². The number of benzene rings is 3. The van der Waals surface area contributed by atoms with E-state index in [-0.39, 0.29) is 18.4 Å². The van der Waals surface area contributed by atoms with Gasteiger partial charge in [-0.15, -0.1) is 0 Å². The summed E-state index contributed by atoms with van der Waals surface area (Å²) >= 11 is 12.0. The minimum Gasteiger partial charge on any atom is -0.492 e. The number of anilines is 2. The van der Waals surface area contributed by atoms with Crippen molar-refractivity contribution in [3.63, 3.8) is 0 Å². The summed E-state index contributed by atoms with van der Waals surface area (Å²) in [6.07, 6.45) is -0.831. The Balaban J connectivity index is 1.42. The highest BCUT2D eigenvalue weighted by Crippen LogP contribution is 2.35. The van der Waals surface area contributed by atoms with E-state index in [0.29, 0.717) is 46.1 Å². The number of halogens is 2. The Morgan fingerprint density at radius 2 is 1.91 bits per heavy atom. The zero-order valence-electron chi connectivity index (χ0n) is 18.3. The number of ether oxygens (including phenoxy) is 3. The van der Waals surface area contributed by atoms with Crippen LogP contribution < -0.4 is 24.4 Å². The number of hydrogen-bond acceptors (Lipinski definition) is 5. The van der Waals surface area contributed by atoms with Gasteiger partial charge in [-0.05, 0) is 55.5 Å². The first-order valence-electron chi connectivity index (χ1n) is 10.6. The molecule has 0 radical (unpaired) electrons. The second kappa shape index (κ2) is 10.7. The Labute approximate surface area is 207 Å². The predicted octanol–water partition coefficient (Wildman–Crippen LogP) is 5.20. The van der Waals surface area contributed by atoms with E-state index in [0.717, 1.165) is 5.75 Å². The molecule has 3 aromatic carbocycles. The van der Waals surface area contributed by atoms with E-state index in [9.17, 15) is 9.59 Å². The van der Waals surface area contributed by atoms with E-state index in [1.54, 1.807) is 48.2 Å². The summed E-state index contributed by atoms with van der Waals surface area (Å²) in [5.41, 5.74) is 1.05. The van der Waals surface area contributed by atoms with Gasteiger partial charge in [0.2, 0.25) is 0 Å². The monoisotopic (exact) mass is 500 g/mol. The highest BCUT2D eigenvalue weighted by atomic mass is 35.5. The van der Waals surface area contributed by atoms with Crippen LogP contribution in [0.1, 0.15) is 6.92 Å². The lowest BCUT2D eigenvalue weighted by molar-refractivity contribution is -0.122. The molecule has 0 aromatic heterocycles. The van der Waals surface area contributed by atoms with Gasteiger partial charge >= 0.3 is 0 Å². The van der Waals surface area contributed by atoms with Crippen molar-refractivity contribution in [3.05, 3.63) is 76.8 Å². The van der Waals surface area contributed by atoms with E-state index in [2.05, 4.69) is 5.32 Å². The fourth-order valence-corrected chi connectivity index (χ4v) is 3.81. The number of carbonyl (C=O) groups is 2. The molecule has 2 amide bonds. The largest absolute Gasteiger partial charge is 0.492 e. The molecule has 0 saturated carbocycles. The number of fused-ring (bicyclic) bond motifs is 1. The topological polar surface area (TPSA) is 77.1 Å². The molecule has 0 fully saturated rings. The van der Waals surface area contributed by atoms with Crippen molar-refractivity contribution in [2.75, 3.05) is 30.0 Å². The third kappa shape index (κ3) is 5.73. The number of nitrogens with one attached hydrogen (secondary N) is 1. The third-order valence-corrected chi connectivity index (χ3v) is 5.59. The summed E-state index contributed by atoms with van der Waals surface area (Å²) in [5.74, 6) is 1.05. The first-order chi connectivity index (χ1) is 16.4. The Hall–Kier alpha value is -3.42. The maximum atomic E-state index is 12.7. The van der Waals surface area contributed by atoms with Crippen LogP contribution in [0.4, 0.5) is 11.4 Å². The summed E-state index contributed by atoms with van der Waals surface area (Å²) in [6.45, 7) is 2.18. The zero-order chi connectivity index (χ0) is 24.1.